The Balaban J connectivity index is 1.46. The number of aliphatic imine (C=N–C) groups is 1. The highest BCUT2D eigenvalue weighted by atomic mass is 19.1. The van der Waals surface area contributed by atoms with Gasteiger partial charge >= 0.3 is 6.03 Å². The molecule has 2 heterocycles. The lowest BCUT2D eigenvalue weighted by Gasteiger charge is -2.47. The summed E-state index contributed by atoms with van der Waals surface area (Å²) in [7, 11) is 0. The fourth-order valence-corrected chi connectivity index (χ4v) is 6.33. The van der Waals surface area contributed by atoms with Crippen LogP contribution >= 0.6 is 0 Å². The van der Waals surface area contributed by atoms with Gasteiger partial charge in [-0.15, -0.1) is 0 Å². The molecule has 0 unspecified atom stereocenters. The first-order valence-electron chi connectivity index (χ1n) is 12.9. The first-order valence-corrected chi connectivity index (χ1v) is 12.9. The predicted octanol–water partition coefficient (Wildman–Crippen LogP) is 5.81. The summed E-state index contributed by atoms with van der Waals surface area (Å²) in [5.74, 6) is 0.495. The molecule has 33 heavy (non-hydrogen) atoms. The summed E-state index contributed by atoms with van der Waals surface area (Å²) >= 11 is 0. The highest BCUT2D eigenvalue weighted by Crippen LogP contribution is 2.41. The van der Waals surface area contributed by atoms with Crippen LogP contribution in [0.25, 0.3) is 0 Å². The molecule has 0 radical (unpaired) electrons. The van der Waals surface area contributed by atoms with Gasteiger partial charge in [-0.3, -0.25) is 20.1 Å². The van der Waals surface area contributed by atoms with Gasteiger partial charge in [0.1, 0.15) is 17.2 Å². The fraction of sp³-hybridized carbons (Fsp3) is 0.630. The number of nitrogens with one attached hydrogen (secondary N) is 1. The van der Waals surface area contributed by atoms with Crippen LogP contribution in [0.5, 0.6) is 0 Å². The molecule has 1 aromatic carbocycles. The molecular formula is C27H37FN4O. The number of amidine groups is 1. The number of rotatable bonds is 4. The Morgan fingerprint density at radius 1 is 1.18 bits per heavy atom. The van der Waals surface area contributed by atoms with E-state index in [1.807, 2.05) is 11.0 Å². The summed E-state index contributed by atoms with van der Waals surface area (Å²) in [4.78, 5) is 22.8. The second-order valence-corrected chi connectivity index (χ2v) is 10.4. The van der Waals surface area contributed by atoms with Crippen molar-refractivity contribution in [2.24, 2.45) is 4.99 Å². The van der Waals surface area contributed by atoms with Crippen LogP contribution in [0.2, 0.25) is 0 Å². The van der Waals surface area contributed by atoms with Gasteiger partial charge in [0.05, 0.1) is 6.04 Å². The van der Waals surface area contributed by atoms with Crippen LogP contribution in [0.15, 0.2) is 40.9 Å². The van der Waals surface area contributed by atoms with Crippen molar-refractivity contribution in [2.45, 2.75) is 95.2 Å². The summed E-state index contributed by atoms with van der Waals surface area (Å²) in [5, 5.41) is 3.13. The predicted molar refractivity (Wildman–Crippen MR) is 131 cm³/mol. The lowest BCUT2D eigenvalue weighted by molar-refractivity contribution is 0.140. The van der Waals surface area contributed by atoms with Gasteiger partial charge in [0, 0.05) is 24.8 Å². The van der Waals surface area contributed by atoms with Crippen LogP contribution in [-0.4, -0.2) is 47.5 Å². The van der Waals surface area contributed by atoms with Crippen molar-refractivity contribution in [3.8, 4) is 0 Å². The molecule has 1 N–H and O–H groups in total. The molecule has 2 amide bonds. The normalized spacial score (nSPS) is 30.7. The zero-order valence-corrected chi connectivity index (χ0v) is 19.9. The van der Waals surface area contributed by atoms with Crippen LogP contribution in [0.3, 0.4) is 0 Å². The van der Waals surface area contributed by atoms with Crippen LogP contribution in [0, 0.1) is 5.82 Å². The number of carbonyl (C=O) groups is 1. The maximum atomic E-state index is 14.2. The van der Waals surface area contributed by atoms with Crippen molar-refractivity contribution in [1.29, 1.82) is 0 Å². The highest BCUT2D eigenvalue weighted by molar-refractivity contribution is 6.19. The van der Waals surface area contributed by atoms with Gasteiger partial charge in [-0.05, 0) is 76.5 Å². The topological polar surface area (TPSA) is 47.9 Å². The van der Waals surface area contributed by atoms with E-state index < -0.39 is 5.54 Å². The lowest BCUT2D eigenvalue weighted by atomic mass is 9.80. The van der Waals surface area contributed by atoms with E-state index in [4.69, 9.17) is 4.99 Å². The van der Waals surface area contributed by atoms with Crippen molar-refractivity contribution in [3.63, 3.8) is 0 Å². The highest BCUT2D eigenvalue weighted by Gasteiger charge is 2.54. The number of nitrogens with zero attached hydrogens (tertiary/aromatic N) is 3. The second kappa shape index (κ2) is 9.57. The van der Waals surface area contributed by atoms with E-state index in [0.29, 0.717) is 11.7 Å². The third-order valence-electron chi connectivity index (χ3n) is 8.11. The first kappa shape index (κ1) is 22.6. The Labute approximate surface area is 197 Å². The monoisotopic (exact) mass is 452 g/mol. The molecular weight excluding hydrogens is 415 g/mol. The quantitative estimate of drug-likeness (QED) is 0.586. The third kappa shape index (κ3) is 4.59. The Morgan fingerprint density at radius 2 is 2.03 bits per heavy atom. The van der Waals surface area contributed by atoms with Crippen LogP contribution in [0.4, 0.5) is 14.9 Å². The van der Waals surface area contributed by atoms with Crippen molar-refractivity contribution in [1.82, 2.24) is 10.2 Å². The van der Waals surface area contributed by atoms with Gasteiger partial charge in [-0.25, -0.2) is 9.18 Å². The molecule has 5 nitrogen and oxygen atoms in total. The standard InChI is InChI=1S/C27H37FN4O/c1-20-18-27(15-16-31(20)19-21-9-4-2-5-10-21)25(29-23-12-6-3-7-13-23)30-26(33)32(27)24-14-8-11-22(28)17-24/h8-9,11,14,17,20,23H,2-7,10,12-13,15-16,18-19H2,1H3,(H,29,30,33)/t20-,27+/m1/s1. The number of urea groups is 1. The zero-order valence-electron chi connectivity index (χ0n) is 19.9. The van der Waals surface area contributed by atoms with E-state index in [9.17, 15) is 9.18 Å². The molecule has 4 aliphatic rings. The fourth-order valence-electron chi connectivity index (χ4n) is 6.33. The summed E-state index contributed by atoms with van der Waals surface area (Å²) in [5.41, 5.74) is 1.65. The van der Waals surface area contributed by atoms with Gasteiger partial charge in [0.2, 0.25) is 0 Å². The molecule has 1 saturated carbocycles. The minimum absolute atomic E-state index is 0.175. The van der Waals surface area contributed by atoms with Crippen molar-refractivity contribution in [3.05, 3.63) is 41.7 Å². The number of allylic oxidation sites excluding steroid dienone is 1. The molecule has 0 bridgehead atoms. The maximum Gasteiger partial charge on any atom is 0.328 e. The summed E-state index contributed by atoms with van der Waals surface area (Å²) in [6, 6.07) is 6.86. The minimum atomic E-state index is -0.529. The van der Waals surface area contributed by atoms with Gasteiger partial charge in [0.15, 0.2) is 0 Å². The Morgan fingerprint density at radius 3 is 2.76 bits per heavy atom. The lowest BCUT2D eigenvalue weighted by Crippen LogP contribution is -2.60. The average Bonchev–Trinajstić information content (AvgIpc) is 3.07. The van der Waals surface area contributed by atoms with E-state index in [-0.39, 0.29) is 17.9 Å². The van der Waals surface area contributed by atoms with E-state index in [1.165, 1.54) is 57.1 Å². The number of carbonyl (C=O) groups excluding carboxylic acids is 1. The molecule has 2 aliphatic carbocycles. The Kier molecular flexibility index (Phi) is 6.55. The van der Waals surface area contributed by atoms with Gasteiger partial charge < -0.3 is 0 Å². The van der Waals surface area contributed by atoms with Crippen LogP contribution in [-0.2, 0) is 0 Å². The summed E-state index contributed by atoms with van der Waals surface area (Å²) in [6.07, 6.45) is 14.9. The number of likely N-dealkylation sites (tertiary alicyclic amines) is 1. The number of piperidine rings is 1. The van der Waals surface area contributed by atoms with Crippen molar-refractivity contribution in [2.75, 3.05) is 18.0 Å². The van der Waals surface area contributed by atoms with Crippen LogP contribution < -0.4 is 10.2 Å². The molecule has 3 fully saturated rings. The number of benzene rings is 1. The van der Waals surface area contributed by atoms with E-state index in [2.05, 4.69) is 23.2 Å². The van der Waals surface area contributed by atoms with E-state index in [1.54, 1.807) is 11.6 Å². The molecule has 1 aromatic rings. The Hall–Kier alpha value is -2.21. The summed E-state index contributed by atoms with van der Waals surface area (Å²) < 4.78 is 14.2. The molecule has 6 heteroatoms. The van der Waals surface area contributed by atoms with Crippen molar-refractivity contribution < 1.29 is 9.18 Å². The van der Waals surface area contributed by atoms with E-state index >= 15 is 0 Å². The molecule has 2 aliphatic heterocycles. The molecule has 2 atom stereocenters. The first-order chi connectivity index (χ1) is 16.0. The molecule has 5 rings (SSSR count). The second-order valence-electron chi connectivity index (χ2n) is 10.4. The number of hydrogen-bond acceptors (Lipinski definition) is 3. The van der Waals surface area contributed by atoms with Gasteiger partial charge in [0.25, 0.3) is 0 Å². The molecule has 2 saturated heterocycles. The maximum absolute atomic E-state index is 14.2. The average molecular weight is 453 g/mol. The Bertz CT molecular complexity index is 938. The third-order valence-corrected chi connectivity index (χ3v) is 8.11. The summed E-state index contributed by atoms with van der Waals surface area (Å²) in [6.45, 7) is 4.20. The molecule has 178 valence electrons. The minimum Gasteiger partial charge on any atom is -0.297 e. The smallest absolute Gasteiger partial charge is 0.297 e. The largest absolute Gasteiger partial charge is 0.328 e. The number of halogens is 1. The van der Waals surface area contributed by atoms with Crippen LogP contribution in [0.1, 0.15) is 77.6 Å². The number of hydrogen-bond donors (Lipinski definition) is 1. The number of amides is 2. The van der Waals surface area contributed by atoms with Crippen molar-refractivity contribution >= 4 is 17.6 Å². The molecule has 1 spiro atoms. The van der Waals surface area contributed by atoms with Gasteiger partial charge in [-0.2, -0.15) is 0 Å². The van der Waals surface area contributed by atoms with E-state index in [0.717, 1.165) is 44.6 Å². The van der Waals surface area contributed by atoms with Gasteiger partial charge in [-0.1, -0.05) is 37.0 Å². The zero-order chi connectivity index (χ0) is 22.8. The number of anilines is 1. The SMILES string of the molecule is C[C@@H]1C[C@@]2(CCN1CC1=CCCCC1)C(=NC1CCCCC1)NC(=O)N2c1cccc(F)c1. The molecule has 0 aromatic heterocycles.